The van der Waals surface area contributed by atoms with Gasteiger partial charge in [0.2, 0.25) is 17.7 Å². The third kappa shape index (κ3) is 4.80. The number of carbonyl (C=O) groups excluding carboxylic acids is 2. The number of anilines is 1. The number of likely N-dealkylation sites (tertiary alicyclic amines) is 1. The van der Waals surface area contributed by atoms with Crippen LogP contribution in [0.2, 0.25) is 0 Å². The Balaban J connectivity index is 1.30. The zero-order valence-electron chi connectivity index (χ0n) is 19.8. The molecule has 1 unspecified atom stereocenters. The maximum atomic E-state index is 13.5. The van der Waals surface area contributed by atoms with Crippen molar-refractivity contribution in [3.8, 4) is 11.8 Å². The molecule has 2 fully saturated rings. The first-order valence-electron chi connectivity index (χ1n) is 11.9. The minimum atomic E-state index is -4.60. The van der Waals surface area contributed by atoms with Crippen molar-refractivity contribution in [1.82, 2.24) is 19.9 Å². The van der Waals surface area contributed by atoms with E-state index in [-0.39, 0.29) is 30.3 Å². The number of ether oxygens (including phenoxy) is 2. The van der Waals surface area contributed by atoms with E-state index in [1.807, 2.05) is 0 Å². The average Bonchev–Trinajstić information content (AvgIpc) is 3.52. The summed E-state index contributed by atoms with van der Waals surface area (Å²) in [5.74, 6) is -0.213. The fourth-order valence-electron chi connectivity index (χ4n) is 5.08. The zero-order chi connectivity index (χ0) is 25.4. The Morgan fingerprint density at radius 2 is 1.94 bits per heavy atom. The summed E-state index contributed by atoms with van der Waals surface area (Å²) in [6, 6.07) is 1.04. The summed E-state index contributed by atoms with van der Waals surface area (Å²) in [6.07, 6.45) is 0.426. The number of methoxy groups -OCH3 is 1. The number of carbonyl (C=O) groups is 2. The molecule has 9 nitrogen and oxygen atoms in total. The lowest BCUT2D eigenvalue weighted by Crippen LogP contribution is -2.35. The van der Waals surface area contributed by atoms with Gasteiger partial charge in [-0.1, -0.05) is 0 Å². The lowest BCUT2D eigenvalue weighted by Gasteiger charge is -2.31. The molecule has 0 N–H and O–H groups in total. The molecule has 1 saturated heterocycles. The van der Waals surface area contributed by atoms with Crippen LogP contribution in [-0.2, 0) is 28.7 Å². The average molecular weight is 505 g/mol. The normalized spacial score (nSPS) is 22.1. The van der Waals surface area contributed by atoms with Gasteiger partial charge in [-0.2, -0.15) is 13.2 Å². The summed E-state index contributed by atoms with van der Waals surface area (Å²) in [4.78, 5) is 40.3. The van der Waals surface area contributed by atoms with Crippen LogP contribution < -0.4 is 14.4 Å². The highest BCUT2D eigenvalue weighted by atomic mass is 19.4. The van der Waals surface area contributed by atoms with Crippen molar-refractivity contribution in [3.05, 3.63) is 35.4 Å². The monoisotopic (exact) mass is 505 g/mol. The quantitative estimate of drug-likeness (QED) is 0.612. The minimum Gasteiger partial charge on any atom is -0.481 e. The summed E-state index contributed by atoms with van der Waals surface area (Å²) in [6.45, 7) is 1.67. The summed E-state index contributed by atoms with van der Waals surface area (Å²) in [5.41, 5.74) is 0.865. The van der Waals surface area contributed by atoms with Crippen LogP contribution in [0.4, 0.5) is 18.9 Å². The van der Waals surface area contributed by atoms with Crippen molar-refractivity contribution in [2.24, 2.45) is 5.92 Å². The number of hydrogen-bond donors (Lipinski definition) is 0. The number of ketones is 1. The second-order valence-corrected chi connectivity index (χ2v) is 9.31. The molecule has 2 atom stereocenters. The first-order valence-corrected chi connectivity index (χ1v) is 11.9. The first kappa shape index (κ1) is 24.3. The van der Waals surface area contributed by atoms with Crippen molar-refractivity contribution < 1.29 is 32.2 Å². The molecule has 1 aliphatic carbocycles. The molecule has 36 heavy (non-hydrogen) atoms. The summed E-state index contributed by atoms with van der Waals surface area (Å²) in [7, 11) is 1.15. The maximum Gasteiger partial charge on any atom is 0.421 e. The van der Waals surface area contributed by atoms with Gasteiger partial charge >= 0.3 is 6.18 Å². The van der Waals surface area contributed by atoms with Gasteiger partial charge in [0.15, 0.2) is 0 Å². The van der Waals surface area contributed by atoms with Crippen LogP contribution in [0.1, 0.15) is 42.5 Å². The van der Waals surface area contributed by atoms with Crippen LogP contribution in [0.5, 0.6) is 11.8 Å². The van der Waals surface area contributed by atoms with Gasteiger partial charge < -0.3 is 19.3 Å². The van der Waals surface area contributed by atoms with E-state index in [2.05, 4.69) is 15.0 Å². The van der Waals surface area contributed by atoms with Crippen molar-refractivity contribution in [1.29, 1.82) is 0 Å². The standard InChI is InChI=1S/C24H26F3N5O4/c1-35-22-19(24(25,26)27)9-15(10-28-22)31-7-5-20-18(12-31)21(30-13-29-20)36-17-4-6-32(11-17)23(34)14-2-3-16(33)8-14/h9-10,13-14,17H,2-8,11-12H2,1H3/t14?,17-/m0/s1. The van der Waals surface area contributed by atoms with Crippen LogP contribution >= 0.6 is 0 Å². The van der Waals surface area contributed by atoms with E-state index in [1.165, 1.54) is 12.5 Å². The molecule has 1 amide bonds. The van der Waals surface area contributed by atoms with Gasteiger partial charge in [0.05, 0.1) is 43.3 Å². The summed E-state index contributed by atoms with van der Waals surface area (Å²) >= 11 is 0. The number of alkyl halides is 3. The van der Waals surface area contributed by atoms with Crippen LogP contribution in [0.3, 0.4) is 0 Å². The molecular formula is C24H26F3N5O4. The Kier molecular flexibility index (Phi) is 6.44. The maximum absolute atomic E-state index is 13.5. The van der Waals surface area contributed by atoms with E-state index in [9.17, 15) is 22.8 Å². The largest absolute Gasteiger partial charge is 0.481 e. The smallest absolute Gasteiger partial charge is 0.421 e. The molecule has 1 saturated carbocycles. The van der Waals surface area contributed by atoms with Crippen LogP contribution in [0.15, 0.2) is 18.6 Å². The Morgan fingerprint density at radius 3 is 2.67 bits per heavy atom. The molecule has 4 heterocycles. The molecule has 0 radical (unpaired) electrons. The molecule has 12 heteroatoms. The van der Waals surface area contributed by atoms with E-state index in [4.69, 9.17) is 9.47 Å². The number of halogens is 3. The molecular weight excluding hydrogens is 479 g/mol. The molecule has 192 valence electrons. The van der Waals surface area contributed by atoms with E-state index >= 15 is 0 Å². The van der Waals surface area contributed by atoms with E-state index in [1.54, 1.807) is 9.80 Å². The number of aromatic nitrogens is 3. The topological polar surface area (TPSA) is 97.8 Å². The van der Waals surface area contributed by atoms with Crippen molar-refractivity contribution in [2.45, 2.75) is 50.9 Å². The van der Waals surface area contributed by atoms with E-state index in [0.29, 0.717) is 68.9 Å². The highest BCUT2D eigenvalue weighted by molar-refractivity contribution is 5.90. The fraction of sp³-hybridized carbons (Fsp3) is 0.542. The molecule has 3 aliphatic rings. The first-order chi connectivity index (χ1) is 17.2. The zero-order valence-corrected chi connectivity index (χ0v) is 19.8. The lowest BCUT2D eigenvalue weighted by atomic mass is 10.1. The molecule has 5 rings (SSSR count). The molecule has 0 spiro atoms. The number of pyridine rings is 1. The van der Waals surface area contributed by atoms with Crippen molar-refractivity contribution >= 4 is 17.4 Å². The Morgan fingerprint density at radius 1 is 1.11 bits per heavy atom. The number of Topliss-reactive ketones (excluding diaryl/α,β-unsaturated/α-hetero) is 1. The predicted molar refractivity (Wildman–Crippen MR) is 121 cm³/mol. The molecule has 2 aromatic heterocycles. The molecule has 0 bridgehead atoms. The molecule has 2 aromatic rings. The lowest BCUT2D eigenvalue weighted by molar-refractivity contribution is -0.139. The second-order valence-electron chi connectivity index (χ2n) is 9.31. The van der Waals surface area contributed by atoms with Gasteiger partial charge in [-0.15, -0.1) is 0 Å². The van der Waals surface area contributed by atoms with Gasteiger partial charge in [0.25, 0.3) is 0 Å². The number of amides is 1. The molecule has 0 aromatic carbocycles. The highest BCUT2D eigenvalue weighted by Crippen LogP contribution is 2.38. The van der Waals surface area contributed by atoms with Gasteiger partial charge in [-0.3, -0.25) is 9.59 Å². The van der Waals surface area contributed by atoms with Gasteiger partial charge in [0.1, 0.15) is 23.8 Å². The summed E-state index contributed by atoms with van der Waals surface area (Å²) in [5, 5.41) is 0. The number of nitrogens with zero attached hydrogens (tertiary/aromatic N) is 5. The highest BCUT2D eigenvalue weighted by Gasteiger charge is 2.38. The Bertz CT molecular complexity index is 1170. The van der Waals surface area contributed by atoms with E-state index < -0.39 is 17.6 Å². The number of rotatable bonds is 5. The number of hydrogen-bond acceptors (Lipinski definition) is 8. The van der Waals surface area contributed by atoms with Crippen LogP contribution in [-0.4, -0.2) is 64.4 Å². The second kappa shape index (κ2) is 9.55. The van der Waals surface area contributed by atoms with Crippen molar-refractivity contribution in [2.75, 3.05) is 31.6 Å². The predicted octanol–water partition coefficient (Wildman–Crippen LogP) is 2.81. The summed E-state index contributed by atoms with van der Waals surface area (Å²) < 4.78 is 51.5. The van der Waals surface area contributed by atoms with Gasteiger partial charge in [0, 0.05) is 44.7 Å². The van der Waals surface area contributed by atoms with Crippen molar-refractivity contribution in [3.63, 3.8) is 0 Å². The molecule has 2 aliphatic heterocycles. The SMILES string of the molecule is COc1ncc(N2CCc3ncnc(O[C@H]4CCN(C(=O)C5CCC(=O)C5)C4)c3C2)cc1C(F)(F)F. The van der Waals surface area contributed by atoms with Crippen LogP contribution in [0.25, 0.3) is 0 Å². The minimum absolute atomic E-state index is 0.00434. The Hall–Kier alpha value is -3.44. The van der Waals surface area contributed by atoms with Gasteiger partial charge in [-0.05, 0) is 12.5 Å². The van der Waals surface area contributed by atoms with Crippen LogP contribution in [0, 0.1) is 5.92 Å². The Labute approximate surface area is 205 Å². The van der Waals surface area contributed by atoms with Gasteiger partial charge in [-0.25, -0.2) is 15.0 Å². The number of fused-ring (bicyclic) bond motifs is 1. The van der Waals surface area contributed by atoms with E-state index in [0.717, 1.165) is 18.9 Å². The fourth-order valence-corrected chi connectivity index (χ4v) is 5.08. The third-order valence-electron chi connectivity index (χ3n) is 6.99. The third-order valence-corrected chi connectivity index (χ3v) is 6.99.